The predicted molar refractivity (Wildman–Crippen MR) is 130 cm³/mol. The van der Waals surface area contributed by atoms with Gasteiger partial charge in [0.05, 0.1) is 29.0 Å². The average molecular weight is 476 g/mol. The number of nitrogens with zero attached hydrogens (tertiary/aromatic N) is 4. The summed E-state index contributed by atoms with van der Waals surface area (Å²) in [6.07, 6.45) is 3.41. The number of aromatic nitrogens is 2. The van der Waals surface area contributed by atoms with Gasteiger partial charge in [0.2, 0.25) is 4.80 Å². The molecular weight excluding hydrogens is 458 g/mol. The van der Waals surface area contributed by atoms with Gasteiger partial charge in [-0.25, -0.2) is 9.67 Å². The zero-order chi connectivity index (χ0) is 22.8. The molecule has 0 saturated carbocycles. The summed E-state index contributed by atoms with van der Waals surface area (Å²) in [5.41, 5.74) is 4.81. The summed E-state index contributed by atoms with van der Waals surface area (Å²) < 4.78 is 7.29. The number of ether oxygens (including phenoxy) is 1. The molecule has 0 bridgehead atoms. The molecule has 1 aliphatic heterocycles. The third kappa shape index (κ3) is 4.57. The van der Waals surface area contributed by atoms with Crippen molar-refractivity contribution in [3.8, 4) is 17.0 Å². The molecular formula is C24H18ClN5O2S. The van der Waals surface area contributed by atoms with Crippen molar-refractivity contribution in [3.05, 3.63) is 87.8 Å². The van der Waals surface area contributed by atoms with Crippen molar-refractivity contribution in [2.75, 3.05) is 11.9 Å². The lowest BCUT2D eigenvalue weighted by atomic mass is 10.1. The van der Waals surface area contributed by atoms with Gasteiger partial charge in [-0.2, -0.15) is 5.10 Å². The minimum absolute atomic E-state index is 0.0174. The second-order valence-corrected chi connectivity index (χ2v) is 8.55. The second kappa shape index (κ2) is 9.01. The quantitative estimate of drug-likeness (QED) is 0.417. The first-order valence-corrected chi connectivity index (χ1v) is 11.4. The minimum atomic E-state index is -0.179. The van der Waals surface area contributed by atoms with E-state index in [0.717, 1.165) is 28.2 Å². The van der Waals surface area contributed by atoms with Gasteiger partial charge < -0.3 is 10.1 Å². The highest BCUT2D eigenvalue weighted by Crippen LogP contribution is 2.33. The zero-order valence-corrected chi connectivity index (χ0v) is 19.1. The Bertz CT molecular complexity index is 1430. The Morgan fingerprint density at radius 2 is 2.06 bits per heavy atom. The number of carbonyl (C=O) groups is 1. The number of hydrogen-bond donors (Lipinski definition) is 1. The maximum atomic E-state index is 11.8. The van der Waals surface area contributed by atoms with Crippen molar-refractivity contribution >= 4 is 45.9 Å². The van der Waals surface area contributed by atoms with Gasteiger partial charge in [0.15, 0.2) is 6.61 Å². The van der Waals surface area contributed by atoms with Gasteiger partial charge in [-0.05, 0) is 55.0 Å². The van der Waals surface area contributed by atoms with Crippen molar-refractivity contribution in [1.82, 2.24) is 9.66 Å². The van der Waals surface area contributed by atoms with Gasteiger partial charge in [-0.15, -0.1) is 11.3 Å². The second-order valence-electron chi connectivity index (χ2n) is 7.28. The van der Waals surface area contributed by atoms with E-state index in [1.807, 2.05) is 66.9 Å². The van der Waals surface area contributed by atoms with Crippen LogP contribution < -0.4 is 14.9 Å². The van der Waals surface area contributed by atoms with Crippen LogP contribution in [0.2, 0.25) is 5.02 Å². The van der Waals surface area contributed by atoms with E-state index in [1.165, 1.54) is 11.3 Å². The number of fused-ring (bicyclic) bond motifs is 1. The lowest BCUT2D eigenvalue weighted by Crippen LogP contribution is -2.25. The number of benzene rings is 2. The summed E-state index contributed by atoms with van der Waals surface area (Å²) in [5.74, 6) is 0.461. The lowest BCUT2D eigenvalue weighted by Gasteiger charge is -2.18. The predicted octanol–water partition coefficient (Wildman–Crippen LogP) is 5.10. The van der Waals surface area contributed by atoms with Crippen LogP contribution in [0.4, 0.5) is 11.4 Å². The van der Waals surface area contributed by atoms with Crippen LogP contribution in [0, 0.1) is 0 Å². The Balaban J connectivity index is 1.65. The molecule has 0 atom stereocenters. The van der Waals surface area contributed by atoms with Crippen LogP contribution in [0.5, 0.6) is 5.75 Å². The first-order valence-electron chi connectivity index (χ1n) is 10.1. The lowest BCUT2D eigenvalue weighted by molar-refractivity contribution is -0.118. The number of anilines is 1. The van der Waals surface area contributed by atoms with Crippen LogP contribution in [0.25, 0.3) is 11.3 Å². The van der Waals surface area contributed by atoms with Gasteiger partial charge in [-0.1, -0.05) is 23.7 Å². The molecule has 4 aromatic rings. The van der Waals surface area contributed by atoms with E-state index in [1.54, 1.807) is 17.1 Å². The Kier molecular flexibility index (Phi) is 5.77. The molecule has 9 heteroatoms. The normalized spacial score (nSPS) is 13.9. The molecule has 1 N–H and O–H groups in total. The molecule has 0 radical (unpaired) electrons. The Morgan fingerprint density at radius 1 is 1.21 bits per heavy atom. The first-order chi connectivity index (χ1) is 16.1. The number of nitrogens with one attached hydrogen (secondary N) is 1. The number of amides is 1. The minimum Gasteiger partial charge on any atom is -0.482 e. The fourth-order valence-electron chi connectivity index (χ4n) is 3.34. The summed E-state index contributed by atoms with van der Waals surface area (Å²) in [5, 5.41) is 10.4. The van der Waals surface area contributed by atoms with Crippen LogP contribution in [-0.4, -0.2) is 27.9 Å². The number of thiazole rings is 1. The number of pyridine rings is 1. The summed E-state index contributed by atoms with van der Waals surface area (Å²) in [4.78, 5) is 21.4. The summed E-state index contributed by atoms with van der Waals surface area (Å²) in [7, 11) is 0. The third-order valence-corrected chi connectivity index (χ3v) is 6.04. The number of carbonyl (C=O) groups excluding carboxylic acids is 1. The SMILES string of the molecule is CC(=Nn1c(-c2ccc3c(c2)NC(=O)CO3)csc1=Nc1cccnc1)c1ccc(Cl)cc1. The molecule has 0 fully saturated rings. The molecule has 3 heterocycles. The van der Waals surface area contributed by atoms with Crippen LogP contribution in [0.3, 0.4) is 0 Å². The Morgan fingerprint density at radius 3 is 2.85 bits per heavy atom. The molecule has 1 amide bonds. The fourth-order valence-corrected chi connectivity index (χ4v) is 4.32. The number of rotatable bonds is 4. The molecule has 0 unspecified atom stereocenters. The van der Waals surface area contributed by atoms with E-state index in [9.17, 15) is 4.79 Å². The monoisotopic (exact) mass is 475 g/mol. The molecule has 1 aliphatic rings. The molecule has 0 aliphatic carbocycles. The maximum Gasteiger partial charge on any atom is 0.262 e. The summed E-state index contributed by atoms with van der Waals surface area (Å²) in [6.45, 7) is 1.95. The summed E-state index contributed by atoms with van der Waals surface area (Å²) >= 11 is 7.51. The van der Waals surface area contributed by atoms with Crippen LogP contribution >= 0.6 is 22.9 Å². The average Bonchev–Trinajstić information content (AvgIpc) is 3.21. The van der Waals surface area contributed by atoms with E-state index in [-0.39, 0.29) is 12.5 Å². The van der Waals surface area contributed by atoms with Gasteiger partial charge in [0.1, 0.15) is 5.75 Å². The number of hydrogen-bond acceptors (Lipinski definition) is 6. The third-order valence-electron chi connectivity index (χ3n) is 4.98. The molecule has 164 valence electrons. The molecule has 7 nitrogen and oxygen atoms in total. The highest BCUT2D eigenvalue weighted by atomic mass is 35.5. The van der Waals surface area contributed by atoms with Gasteiger partial charge in [-0.3, -0.25) is 9.78 Å². The molecule has 33 heavy (non-hydrogen) atoms. The van der Waals surface area contributed by atoms with Crippen molar-refractivity contribution in [2.24, 2.45) is 10.1 Å². The highest BCUT2D eigenvalue weighted by Gasteiger charge is 2.18. The van der Waals surface area contributed by atoms with Crippen LogP contribution in [0.1, 0.15) is 12.5 Å². The molecule has 0 saturated heterocycles. The van der Waals surface area contributed by atoms with Crippen molar-refractivity contribution < 1.29 is 9.53 Å². The van der Waals surface area contributed by atoms with Crippen molar-refractivity contribution in [3.63, 3.8) is 0 Å². The Hall–Kier alpha value is -3.75. The zero-order valence-electron chi connectivity index (χ0n) is 17.5. The van der Waals surface area contributed by atoms with Gasteiger partial charge in [0.25, 0.3) is 5.91 Å². The van der Waals surface area contributed by atoms with Crippen molar-refractivity contribution in [2.45, 2.75) is 6.92 Å². The van der Waals surface area contributed by atoms with Gasteiger partial charge in [0, 0.05) is 22.2 Å². The van der Waals surface area contributed by atoms with E-state index in [4.69, 9.17) is 26.4 Å². The van der Waals surface area contributed by atoms with E-state index in [0.29, 0.717) is 21.3 Å². The van der Waals surface area contributed by atoms with E-state index < -0.39 is 0 Å². The molecule has 5 rings (SSSR count). The smallest absolute Gasteiger partial charge is 0.262 e. The maximum absolute atomic E-state index is 11.8. The molecule has 2 aromatic heterocycles. The Labute approximate surface area is 198 Å². The van der Waals surface area contributed by atoms with E-state index >= 15 is 0 Å². The van der Waals surface area contributed by atoms with E-state index in [2.05, 4.69) is 10.3 Å². The number of halogens is 1. The van der Waals surface area contributed by atoms with Crippen molar-refractivity contribution in [1.29, 1.82) is 0 Å². The largest absolute Gasteiger partial charge is 0.482 e. The summed E-state index contributed by atoms with van der Waals surface area (Å²) in [6, 6.07) is 16.9. The molecule has 2 aromatic carbocycles. The molecule has 0 spiro atoms. The van der Waals surface area contributed by atoms with Gasteiger partial charge >= 0.3 is 0 Å². The van der Waals surface area contributed by atoms with Crippen LogP contribution in [-0.2, 0) is 4.79 Å². The van der Waals surface area contributed by atoms with Crippen LogP contribution in [0.15, 0.2) is 82.5 Å². The topological polar surface area (TPSA) is 80.9 Å². The highest BCUT2D eigenvalue weighted by molar-refractivity contribution is 7.07. The fraction of sp³-hybridized carbons (Fsp3) is 0.0833. The standard InChI is InChI=1S/C24H18ClN5O2S/c1-15(16-4-7-18(25)8-5-16)29-30-21(14-33-24(30)27-19-3-2-10-26-12-19)17-6-9-22-20(11-17)28-23(31)13-32-22/h2-12,14H,13H2,1H3,(H,28,31). The first kappa shape index (κ1) is 21.1.